The molecule has 0 aromatic heterocycles. The fraction of sp³-hybridized carbons (Fsp3) is 0.200. The van der Waals surface area contributed by atoms with Gasteiger partial charge in [0, 0.05) is 31.1 Å². The number of fused-ring (bicyclic) bond motifs is 1. The highest BCUT2D eigenvalue weighted by Gasteiger charge is 2.40. The Balaban J connectivity index is 1.51. The van der Waals surface area contributed by atoms with E-state index in [-0.39, 0.29) is 43.0 Å². The number of hydrogen-bond acceptors (Lipinski definition) is 6. The fourth-order valence-corrected chi connectivity index (χ4v) is 3.14. The van der Waals surface area contributed by atoms with Crippen LogP contribution < -0.4 is 11.1 Å². The molecule has 30 heavy (non-hydrogen) atoms. The molecule has 3 rings (SSSR count). The fourth-order valence-electron chi connectivity index (χ4n) is 3.14. The lowest BCUT2D eigenvalue weighted by Crippen LogP contribution is -2.32. The maximum Gasteiger partial charge on any atom is 0.282 e. The largest absolute Gasteiger partial charge is 0.366 e. The van der Waals surface area contributed by atoms with Gasteiger partial charge in [0.15, 0.2) is 0 Å². The van der Waals surface area contributed by atoms with Gasteiger partial charge in [0.2, 0.25) is 11.8 Å². The molecule has 0 spiro atoms. The van der Waals surface area contributed by atoms with Gasteiger partial charge in [0.1, 0.15) is 5.56 Å². The first kappa shape index (κ1) is 20.6. The molecule has 0 saturated heterocycles. The van der Waals surface area contributed by atoms with E-state index in [9.17, 15) is 29.3 Å². The van der Waals surface area contributed by atoms with E-state index in [1.165, 1.54) is 18.2 Å². The molecule has 0 bridgehead atoms. The highest BCUT2D eigenvalue weighted by Crippen LogP contribution is 2.30. The lowest BCUT2D eigenvalue weighted by Gasteiger charge is -2.13. The van der Waals surface area contributed by atoms with Crippen molar-refractivity contribution in [2.45, 2.75) is 19.4 Å². The van der Waals surface area contributed by atoms with Gasteiger partial charge in [-0.05, 0) is 30.2 Å². The van der Waals surface area contributed by atoms with Crippen LogP contribution in [-0.4, -0.2) is 40.0 Å². The second-order valence-electron chi connectivity index (χ2n) is 6.66. The number of nitrogens with two attached hydrogens (primary N) is 1. The molecule has 10 heteroatoms. The first-order chi connectivity index (χ1) is 14.3. The molecule has 2 aromatic rings. The summed E-state index contributed by atoms with van der Waals surface area (Å²) in [5.41, 5.74) is 5.69. The molecule has 0 saturated carbocycles. The second kappa shape index (κ2) is 8.52. The van der Waals surface area contributed by atoms with Crippen molar-refractivity contribution in [2.75, 3.05) is 6.54 Å². The third-order valence-electron chi connectivity index (χ3n) is 4.69. The molecular formula is C20H18N4O6. The molecule has 0 fully saturated rings. The monoisotopic (exact) mass is 410 g/mol. The number of carbonyl (C=O) groups is 4. The first-order valence-electron chi connectivity index (χ1n) is 9.08. The summed E-state index contributed by atoms with van der Waals surface area (Å²) in [6.07, 6.45) is 0.278. The van der Waals surface area contributed by atoms with Crippen LogP contribution in [0.3, 0.4) is 0 Å². The van der Waals surface area contributed by atoms with Crippen LogP contribution in [0, 0.1) is 10.1 Å². The summed E-state index contributed by atoms with van der Waals surface area (Å²) < 4.78 is 0. The maximum atomic E-state index is 12.5. The normalized spacial score (nSPS) is 12.6. The topological polar surface area (TPSA) is 153 Å². The van der Waals surface area contributed by atoms with Crippen molar-refractivity contribution in [1.82, 2.24) is 10.2 Å². The Bertz CT molecular complexity index is 1050. The molecule has 0 radical (unpaired) electrons. The van der Waals surface area contributed by atoms with E-state index in [0.717, 1.165) is 10.5 Å². The van der Waals surface area contributed by atoms with Crippen LogP contribution in [-0.2, 0) is 11.3 Å². The van der Waals surface area contributed by atoms with Crippen LogP contribution in [0.4, 0.5) is 5.69 Å². The molecule has 2 aromatic carbocycles. The quantitative estimate of drug-likeness (QED) is 0.381. The number of benzene rings is 2. The van der Waals surface area contributed by atoms with Crippen LogP contribution in [0.2, 0.25) is 0 Å². The number of rotatable bonds is 8. The lowest BCUT2D eigenvalue weighted by atomic mass is 10.1. The Morgan fingerprint density at radius 1 is 1.07 bits per heavy atom. The van der Waals surface area contributed by atoms with Gasteiger partial charge in [-0.25, -0.2) is 0 Å². The minimum atomic E-state index is -0.725. The van der Waals surface area contributed by atoms with Crippen molar-refractivity contribution in [1.29, 1.82) is 0 Å². The van der Waals surface area contributed by atoms with Crippen LogP contribution in [0.1, 0.15) is 49.5 Å². The Labute approximate surface area is 170 Å². The summed E-state index contributed by atoms with van der Waals surface area (Å²) in [6.45, 7) is 0.224. The van der Waals surface area contributed by atoms with E-state index in [1.54, 1.807) is 24.3 Å². The van der Waals surface area contributed by atoms with Gasteiger partial charge in [-0.3, -0.25) is 34.2 Å². The van der Waals surface area contributed by atoms with Crippen molar-refractivity contribution in [3.63, 3.8) is 0 Å². The summed E-state index contributed by atoms with van der Waals surface area (Å²) in [4.78, 5) is 59.3. The van der Waals surface area contributed by atoms with E-state index in [2.05, 4.69) is 5.32 Å². The number of nitro benzene ring substituents is 1. The number of nitro groups is 1. The zero-order chi connectivity index (χ0) is 21.8. The molecule has 1 heterocycles. The van der Waals surface area contributed by atoms with Gasteiger partial charge in [-0.2, -0.15) is 0 Å². The third kappa shape index (κ3) is 4.17. The predicted molar refractivity (Wildman–Crippen MR) is 105 cm³/mol. The van der Waals surface area contributed by atoms with Gasteiger partial charge in [-0.15, -0.1) is 0 Å². The highest BCUT2D eigenvalue weighted by atomic mass is 16.6. The van der Waals surface area contributed by atoms with Gasteiger partial charge < -0.3 is 11.1 Å². The Kier molecular flexibility index (Phi) is 5.86. The van der Waals surface area contributed by atoms with Crippen molar-refractivity contribution in [3.05, 3.63) is 74.8 Å². The van der Waals surface area contributed by atoms with Crippen molar-refractivity contribution in [2.24, 2.45) is 5.73 Å². The van der Waals surface area contributed by atoms with E-state index in [0.29, 0.717) is 5.56 Å². The third-order valence-corrected chi connectivity index (χ3v) is 4.69. The highest BCUT2D eigenvalue weighted by molar-refractivity contribution is 6.23. The van der Waals surface area contributed by atoms with Gasteiger partial charge in [-0.1, -0.05) is 18.2 Å². The number of amides is 4. The zero-order valence-electron chi connectivity index (χ0n) is 15.8. The standard InChI is InChI=1S/C20H18N4O6/c21-18(26)13-8-6-12(7-9-13)11-22-16(25)5-2-10-23-19(27)14-3-1-4-15(24(29)30)17(14)20(23)28/h1,3-4,6-9H,2,5,10-11H2,(H2,21,26)(H,22,25). The molecule has 0 aliphatic carbocycles. The molecule has 1 aliphatic rings. The SMILES string of the molecule is NC(=O)c1ccc(CNC(=O)CCCN2C(=O)c3cccc([N+](=O)[O-])c3C2=O)cc1. The van der Waals surface area contributed by atoms with Crippen LogP contribution in [0.15, 0.2) is 42.5 Å². The van der Waals surface area contributed by atoms with Gasteiger partial charge in [0.05, 0.1) is 10.5 Å². The van der Waals surface area contributed by atoms with E-state index >= 15 is 0 Å². The van der Waals surface area contributed by atoms with E-state index in [1.807, 2.05) is 0 Å². The molecule has 10 nitrogen and oxygen atoms in total. The van der Waals surface area contributed by atoms with Gasteiger partial charge >= 0.3 is 0 Å². The van der Waals surface area contributed by atoms with Crippen LogP contribution in [0.25, 0.3) is 0 Å². The second-order valence-corrected chi connectivity index (χ2v) is 6.66. The Morgan fingerprint density at radius 2 is 1.77 bits per heavy atom. The van der Waals surface area contributed by atoms with Crippen molar-refractivity contribution < 1.29 is 24.1 Å². The van der Waals surface area contributed by atoms with Crippen molar-refractivity contribution >= 4 is 29.3 Å². The first-order valence-corrected chi connectivity index (χ1v) is 9.08. The Hall–Kier alpha value is -4.08. The summed E-state index contributed by atoms with van der Waals surface area (Å²) in [7, 11) is 0. The van der Waals surface area contributed by atoms with Gasteiger partial charge in [0.25, 0.3) is 17.5 Å². The average molecular weight is 410 g/mol. The van der Waals surface area contributed by atoms with Crippen LogP contribution in [0.5, 0.6) is 0 Å². The zero-order valence-corrected chi connectivity index (χ0v) is 15.8. The summed E-state index contributed by atoms with van der Waals surface area (Å²) in [5.74, 6) is -2.15. The molecular weight excluding hydrogens is 392 g/mol. The number of hydrogen-bond donors (Lipinski definition) is 2. The molecule has 0 atom stereocenters. The molecule has 1 aliphatic heterocycles. The number of imide groups is 1. The molecule has 154 valence electrons. The summed E-state index contributed by atoms with van der Waals surface area (Å²) in [5, 5.41) is 13.8. The minimum Gasteiger partial charge on any atom is -0.366 e. The molecule has 4 amide bonds. The van der Waals surface area contributed by atoms with Crippen LogP contribution >= 0.6 is 0 Å². The summed E-state index contributed by atoms with van der Waals surface area (Å²) >= 11 is 0. The van der Waals surface area contributed by atoms with E-state index in [4.69, 9.17) is 5.73 Å². The maximum absolute atomic E-state index is 12.5. The minimum absolute atomic E-state index is 0.00180. The Morgan fingerprint density at radius 3 is 2.40 bits per heavy atom. The number of nitrogens with zero attached hydrogens (tertiary/aromatic N) is 2. The lowest BCUT2D eigenvalue weighted by molar-refractivity contribution is -0.385. The smallest absolute Gasteiger partial charge is 0.282 e. The number of carbonyl (C=O) groups excluding carboxylic acids is 4. The number of nitrogens with one attached hydrogen (secondary N) is 1. The predicted octanol–water partition coefficient (Wildman–Crippen LogP) is 1.39. The van der Waals surface area contributed by atoms with Crippen molar-refractivity contribution in [3.8, 4) is 0 Å². The number of primary amides is 1. The summed E-state index contributed by atoms with van der Waals surface area (Å²) in [6, 6.07) is 10.4. The molecule has 0 unspecified atom stereocenters. The average Bonchev–Trinajstić information content (AvgIpc) is 2.97. The van der Waals surface area contributed by atoms with E-state index < -0.39 is 28.3 Å². The molecule has 3 N–H and O–H groups in total.